The predicted molar refractivity (Wildman–Crippen MR) is 98.3 cm³/mol. The third-order valence-corrected chi connectivity index (χ3v) is 3.89. The van der Waals surface area contributed by atoms with E-state index in [4.69, 9.17) is 10.5 Å². The molecule has 1 aliphatic heterocycles. The van der Waals surface area contributed by atoms with Gasteiger partial charge < -0.3 is 21.1 Å². The van der Waals surface area contributed by atoms with E-state index < -0.39 is 6.17 Å². The number of nitrogens with two attached hydrogens (primary N) is 1. The predicted octanol–water partition coefficient (Wildman–Crippen LogP) is 1.62. The minimum Gasteiger partial charge on any atom is -0.497 e. The summed E-state index contributed by atoms with van der Waals surface area (Å²) in [6.45, 7) is 5.82. The van der Waals surface area contributed by atoms with Crippen LogP contribution in [0.2, 0.25) is 0 Å². The zero-order chi connectivity index (χ0) is 17.7. The fourth-order valence-electron chi connectivity index (χ4n) is 2.03. The molecule has 0 aromatic heterocycles. The van der Waals surface area contributed by atoms with E-state index in [1.54, 1.807) is 7.11 Å². The number of amides is 1. The standard InChI is InChI=1S/C16H23N5O2S/c1-16(2,3)21-12(22)9-24-15-19-13(18-14(17)20-15)10-5-7-11(23-4)8-6-10/h5-8,13H,9H2,1-4H3,(H,21,22)(H3,17,18,19,20)/t13-/m0/s1. The maximum atomic E-state index is 11.9. The number of amidine groups is 1. The lowest BCUT2D eigenvalue weighted by Gasteiger charge is -2.21. The number of rotatable bonds is 4. The Bertz CT molecular complexity index is 649. The van der Waals surface area contributed by atoms with Crippen LogP contribution >= 0.6 is 11.8 Å². The number of carbonyl (C=O) groups is 1. The number of methoxy groups -OCH3 is 1. The van der Waals surface area contributed by atoms with Crippen LogP contribution in [0.15, 0.2) is 34.3 Å². The molecular weight excluding hydrogens is 326 g/mol. The number of nitrogens with zero attached hydrogens (tertiary/aromatic N) is 2. The lowest BCUT2D eigenvalue weighted by molar-refractivity contribution is -0.119. The van der Waals surface area contributed by atoms with Crippen molar-refractivity contribution in [1.29, 1.82) is 0 Å². The molecule has 1 aromatic rings. The van der Waals surface area contributed by atoms with Gasteiger partial charge in [0.05, 0.1) is 12.9 Å². The van der Waals surface area contributed by atoms with Gasteiger partial charge >= 0.3 is 0 Å². The Balaban J connectivity index is 2.02. The molecule has 0 saturated carbocycles. The summed E-state index contributed by atoms with van der Waals surface area (Å²) >= 11 is 1.30. The normalized spacial score (nSPS) is 17.4. The summed E-state index contributed by atoms with van der Waals surface area (Å²) in [6.07, 6.45) is -0.426. The van der Waals surface area contributed by atoms with Crippen molar-refractivity contribution in [3.05, 3.63) is 29.8 Å². The first-order chi connectivity index (χ1) is 11.3. The fourth-order valence-corrected chi connectivity index (χ4v) is 2.72. The number of benzene rings is 1. The molecule has 8 heteroatoms. The Labute approximate surface area is 146 Å². The highest BCUT2D eigenvalue weighted by molar-refractivity contribution is 8.14. The highest BCUT2D eigenvalue weighted by Crippen LogP contribution is 2.24. The van der Waals surface area contributed by atoms with Crippen LogP contribution in [-0.2, 0) is 4.79 Å². The van der Waals surface area contributed by atoms with Crippen molar-refractivity contribution < 1.29 is 9.53 Å². The van der Waals surface area contributed by atoms with E-state index in [2.05, 4.69) is 20.6 Å². The van der Waals surface area contributed by atoms with Gasteiger partial charge in [0, 0.05) is 5.54 Å². The van der Waals surface area contributed by atoms with E-state index in [1.807, 2.05) is 45.0 Å². The van der Waals surface area contributed by atoms with Gasteiger partial charge in [0.25, 0.3) is 0 Å². The molecule has 0 unspecified atom stereocenters. The van der Waals surface area contributed by atoms with Gasteiger partial charge in [0.2, 0.25) is 5.91 Å². The Kier molecular flexibility index (Phi) is 5.71. The van der Waals surface area contributed by atoms with Crippen LogP contribution < -0.4 is 21.1 Å². The molecule has 0 bridgehead atoms. The van der Waals surface area contributed by atoms with Crippen molar-refractivity contribution in [2.24, 2.45) is 15.7 Å². The summed E-state index contributed by atoms with van der Waals surface area (Å²) < 4.78 is 5.15. The molecule has 1 heterocycles. The molecule has 0 aliphatic carbocycles. The third kappa shape index (κ3) is 5.45. The molecule has 0 spiro atoms. The van der Waals surface area contributed by atoms with Crippen molar-refractivity contribution in [3.8, 4) is 5.75 Å². The van der Waals surface area contributed by atoms with E-state index >= 15 is 0 Å². The van der Waals surface area contributed by atoms with Gasteiger partial charge in [-0.25, -0.2) is 9.98 Å². The fraction of sp³-hybridized carbons (Fsp3) is 0.438. The average Bonchev–Trinajstić information content (AvgIpc) is 2.51. The second-order valence-corrected chi connectivity index (χ2v) is 7.27. The topological polar surface area (TPSA) is 101 Å². The Morgan fingerprint density at radius 2 is 2.00 bits per heavy atom. The zero-order valence-electron chi connectivity index (χ0n) is 14.3. The summed E-state index contributed by atoms with van der Waals surface area (Å²) in [5.41, 5.74) is 6.48. The van der Waals surface area contributed by atoms with Crippen molar-refractivity contribution >= 4 is 28.8 Å². The monoisotopic (exact) mass is 349 g/mol. The molecule has 7 nitrogen and oxygen atoms in total. The molecule has 0 fully saturated rings. The van der Waals surface area contributed by atoms with E-state index in [0.29, 0.717) is 5.17 Å². The number of nitrogens with one attached hydrogen (secondary N) is 2. The summed E-state index contributed by atoms with van der Waals surface area (Å²) in [5, 5.41) is 6.38. The molecule has 1 atom stereocenters. The SMILES string of the molecule is COc1ccc([C@H]2N=C(N)NC(SCC(=O)NC(C)(C)C)=N2)cc1. The van der Waals surface area contributed by atoms with Gasteiger partial charge in [-0.05, 0) is 38.5 Å². The van der Waals surface area contributed by atoms with Gasteiger partial charge in [-0.1, -0.05) is 23.9 Å². The maximum Gasteiger partial charge on any atom is 0.230 e. The van der Waals surface area contributed by atoms with Crippen molar-refractivity contribution in [3.63, 3.8) is 0 Å². The van der Waals surface area contributed by atoms with Crippen molar-refractivity contribution in [2.45, 2.75) is 32.5 Å². The Morgan fingerprint density at radius 1 is 1.33 bits per heavy atom. The largest absolute Gasteiger partial charge is 0.497 e. The van der Waals surface area contributed by atoms with Gasteiger partial charge in [-0.3, -0.25) is 4.79 Å². The number of aliphatic imine (C=N–C) groups is 2. The first kappa shape index (κ1) is 18.1. The van der Waals surface area contributed by atoms with E-state index in [-0.39, 0.29) is 23.2 Å². The smallest absolute Gasteiger partial charge is 0.230 e. The first-order valence-electron chi connectivity index (χ1n) is 7.53. The second kappa shape index (κ2) is 7.57. The third-order valence-electron chi connectivity index (χ3n) is 3.00. The summed E-state index contributed by atoms with van der Waals surface area (Å²) in [4.78, 5) is 20.7. The summed E-state index contributed by atoms with van der Waals surface area (Å²) in [5.74, 6) is 1.25. The quantitative estimate of drug-likeness (QED) is 0.767. The molecule has 1 aliphatic rings. The minimum absolute atomic E-state index is 0.0564. The Hall–Kier alpha value is -2.22. The highest BCUT2D eigenvalue weighted by atomic mass is 32.2. The van der Waals surface area contributed by atoms with Crippen LogP contribution in [0.4, 0.5) is 0 Å². The number of hydrogen-bond donors (Lipinski definition) is 3. The molecule has 4 N–H and O–H groups in total. The number of guanidine groups is 1. The number of ether oxygens (including phenoxy) is 1. The van der Waals surface area contributed by atoms with Crippen LogP contribution in [0.5, 0.6) is 5.75 Å². The molecule has 0 saturated heterocycles. The average molecular weight is 349 g/mol. The highest BCUT2D eigenvalue weighted by Gasteiger charge is 2.19. The summed E-state index contributed by atoms with van der Waals surface area (Å²) in [6, 6.07) is 7.48. The number of carbonyl (C=O) groups excluding carboxylic acids is 1. The van der Waals surface area contributed by atoms with Gasteiger partial charge in [0.15, 0.2) is 17.3 Å². The zero-order valence-corrected chi connectivity index (χ0v) is 15.1. The number of hydrogen-bond acceptors (Lipinski definition) is 7. The van der Waals surface area contributed by atoms with Gasteiger partial charge in [-0.2, -0.15) is 0 Å². The Morgan fingerprint density at radius 3 is 2.58 bits per heavy atom. The van der Waals surface area contributed by atoms with Crippen LogP contribution in [0, 0.1) is 0 Å². The van der Waals surface area contributed by atoms with Crippen molar-refractivity contribution in [1.82, 2.24) is 10.6 Å². The molecule has 130 valence electrons. The molecule has 24 heavy (non-hydrogen) atoms. The minimum atomic E-state index is -0.426. The lowest BCUT2D eigenvalue weighted by atomic mass is 10.1. The van der Waals surface area contributed by atoms with Gasteiger partial charge in [0.1, 0.15) is 5.75 Å². The van der Waals surface area contributed by atoms with Crippen LogP contribution in [0.1, 0.15) is 32.5 Å². The van der Waals surface area contributed by atoms with E-state index in [0.717, 1.165) is 11.3 Å². The maximum absolute atomic E-state index is 11.9. The van der Waals surface area contributed by atoms with Gasteiger partial charge in [-0.15, -0.1) is 0 Å². The van der Waals surface area contributed by atoms with E-state index in [1.165, 1.54) is 11.8 Å². The summed E-state index contributed by atoms with van der Waals surface area (Å²) in [7, 11) is 1.62. The molecule has 1 amide bonds. The second-order valence-electron chi connectivity index (χ2n) is 6.31. The molecule has 2 rings (SSSR count). The first-order valence-corrected chi connectivity index (χ1v) is 8.51. The van der Waals surface area contributed by atoms with Crippen LogP contribution in [-0.4, -0.2) is 35.4 Å². The lowest BCUT2D eigenvalue weighted by Crippen LogP contribution is -2.43. The molecular formula is C16H23N5O2S. The van der Waals surface area contributed by atoms with Crippen molar-refractivity contribution in [2.75, 3.05) is 12.9 Å². The van der Waals surface area contributed by atoms with Crippen LogP contribution in [0.3, 0.4) is 0 Å². The molecule has 1 aromatic carbocycles. The van der Waals surface area contributed by atoms with Crippen LogP contribution in [0.25, 0.3) is 0 Å². The van der Waals surface area contributed by atoms with E-state index in [9.17, 15) is 4.79 Å². The molecule has 0 radical (unpaired) electrons. The number of thioether (sulfide) groups is 1.